The van der Waals surface area contributed by atoms with Gasteiger partial charge in [0.15, 0.2) is 0 Å². The number of benzene rings is 2. The summed E-state index contributed by atoms with van der Waals surface area (Å²) in [5.41, 5.74) is 8.27. The quantitative estimate of drug-likeness (QED) is 0.861. The normalized spacial score (nSPS) is 9.90. The van der Waals surface area contributed by atoms with Crippen molar-refractivity contribution < 1.29 is 4.74 Å². The van der Waals surface area contributed by atoms with Crippen LogP contribution in [0.2, 0.25) is 10.0 Å². The molecule has 108 valence electrons. The Labute approximate surface area is 134 Å². The van der Waals surface area contributed by atoms with Gasteiger partial charge in [0.05, 0.1) is 6.54 Å². The molecule has 0 aliphatic carbocycles. The first-order valence-corrected chi connectivity index (χ1v) is 7.22. The minimum atomic E-state index is 0.354. The highest BCUT2D eigenvalue weighted by Crippen LogP contribution is 2.23. The lowest BCUT2D eigenvalue weighted by molar-refractivity contribution is 0.306. The molecule has 0 bridgehead atoms. The lowest BCUT2D eigenvalue weighted by Gasteiger charge is -2.09. The second-order valence-electron chi connectivity index (χ2n) is 4.51. The molecule has 0 aliphatic rings. The summed E-state index contributed by atoms with van der Waals surface area (Å²) in [4.78, 5) is 0. The van der Waals surface area contributed by atoms with Gasteiger partial charge in [-0.3, -0.25) is 0 Å². The van der Waals surface area contributed by atoms with E-state index < -0.39 is 0 Å². The third kappa shape index (κ3) is 4.41. The number of ether oxygens (including phenoxy) is 1. The van der Waals surface area contributed by atoms with Gasteiger partial charge in [0.25, 0.3) is 0 Å². The Hall–Kier alpha value is -1.66. The van der Waals surface area contributed by atoms with E-state index in [-0.39, 0.29) is 0 Å². The van der Waals surface area contributed by atoms with E-state index in [0.717, 1.165) is 22.4 Å². The topological polar surface area (TPSA) is 35.2 Å². The van der Waals surface area contributed by atoms with Crippen molar-refractivity contribution in [2.75, 3.05) is 6.54 Å². The molecule has 2 aromatic rings. The van der Waals surface area contributed by atoms with Gasteiger partial charge >= 0.3 is 0 Å². The van der Waals surface area contributed by atoms with Crippen molar-refractivity contribution in [1.82, 2.24) is 0 Å². The van der Waals surface area contributed by atoms with Gasteiger partial charge in [-0.25, -0.2) is 0 Å². The van der Waals surface area contributed by atoms with E-state index >= 15 is 0 Å². The zero-order valence-electron chi connectivity index (χ0n) is 11.6. The Morgan fingerprint density at radius 3 is 2.62 bits per heavy atom. The molecular weight excluding hydrogens is 305 g/mol. The highest BCUT2D eigenvalue weighted by atomic mass is 35.5. The van der Waals surface area contributed by atoms with Crippen LogP contribution >= 0.6 is 23.2 Å². The predicted molar refractivity (Wildman–Crippen MR) is 87.9 cm³/mol. The van der Waals surface area contributed by atoms with Crippen molar-refractivity contribution in [1.29, 1.82) is 0 Å². The van der Waals surface area contributed by atoms with Crippen molar-refractivity contribution in [3.8, 4) is 17.6 Å². The maximum atomic E-state index is 6.11. The molecule has 0 radical (unpaired) electrons. The SMILES string of the molecule is Cc1cc(OCc2ccc(Cl)cc2Cl)ccc1C#CCN. The largest absolute Gasteiger partial charge is 0.489 e. The first-order valence-electron chi connectivity index (χ1n) is 6.46. The van der Waals surface area contributed by atoms with Crippen LogP contribution in [0.5, 0.6) is 5.75 Å². The molecule has 0 atom stereocenters. The molecule has 0 heterocycles. The second kappa shape index (κ2) is 7.38. The molecule has 0 aromatic heterocycles. The van der Waals surface area contributed by atoms with Gasteiger partial charge < -0.3 is 10.5 Å². The van der Waals surface area contributed by atoms with Gasteiger partial charge in [0, 0.05) is 21.2 Å². The van der Waals surface area contributed by atoms with Crippen LogP contribution in [0.4, 0.5) is 0 Å². The number of rotatable bonds is 3. The summed E-state index contributed by atoms with van der Waals surface area (Å²) in [6.07, 6.45) is 0. The van der Waals surface area contributed by atoms with Crippen LogP contribution in [-0.4, -0.2) is 6.54 Å². The van der Waals surface area contributed by atoms with Crippen molar-refractivity contribution in [3.05, 3.63) is 63.1 Å². The zero-order valence-corrected chi connectivity index (χ0v) is 13.1. The summed E-state index contributed by atoms with van der Waals surface area (Å²) < 4.78 is 5.75. The van der Waals surface area contributed by atoms with Gasteiger partial charge in [0.2, 0.25) is 0 Å². The Balaban J connectivity index is 2.08. The number of hydrogen-bond donors (Lipinski definition) is 1. The fourth-order valence-electron chi connectivity index (χ4n) is 1.81. The number of halogens is 2. The van der Waals surface area contributed by atoms with Crippen LogP contribution in [0.25, 0.3) is 0 Å². The van der Waals surface area contributed by atoms with Gasteiger partial charge in [-0.2, -0.15) is 0 Å². The zero-order chi connectivity index (χ0) is 15.2. The summed E-state index contributed by atoms with van der Waals surface area (Å²) in [6.45, 7) is 2.73. The molecule has 2 rings (SSSR count). The number of aryl methyl sites for hydroxylation is 1. The fourth-order valence-corrected chi connectivity index (χ4v) is 2.28. The van der Waals surface area contributed by atoms with Crippen molar-refractivity contribution in [2.45, 2.75) is 13.5 Å². The summed E-state index contributed by atoms with van der Waals surface area (Å²) in [7, 11) is 0. The summed E-state index contributed by atoms with van der Waals surface area (Å²) in [5.74, 6) is 6.64. The first kappa shape index (κ1) is 15.7. The third-order valence-electron chi connectivity index (χ3n) is 2.93. The van der Waals surface area contributed by atoms with Gasteiger partial charge in [0.1, 0.15) is 12.4 Å². The molecule has 0 fully saturated rings. The van der Waals surface area contributed by atoms with E-state index in [1.54, 1.807) is 12.1 Å². The summed E-state index contributed by atoms with van der Waals surface area (Å²) in [6, 6.07) is 11.1. The third-order valence-corrected chi connectivity index (χ3v) is 3.52. The molecule has 0 amide bonds. The Morgan fingerprint density at radius 1 is 1.14 bits per heavy atom. The Kier molecular flexibility index (Phi) is 5.52. The van der Waals surface area contributed by atoms with Crippen LogP contribution in [0, 0.1) is 18.8 Å². The van der Waals surface area contributed by atoms with Crippen molar-refractivity contribution >= 4 is 23.2 Å². The predicted octanol–water partition coefficient (Wildman–Crippen LogP) is 4.19. The van der Waals surface area contributed by atoms with Gasteiger partial charge in [-0.15, -0.1) is 0 Å². The summed E-state index contributed by atoms with van der Waals surface area (Å²) in [5, 5.41) is 1.21. The van der Waals surface area contributed by atoms with Crippen molar-refractivity contribution in [3.63, 3.8) is 0 Å². The molecule has 2 N–H and O–H groups in total. The molecule has 0 unspecified atom stereocenters. The summed E-state index contributed by atoms with van der Waals surface area (Å²) >= 11 is 12.0. The van der Waals surface area contributed by atoms with E-state index in [9.17, 15) is 0 Å². The van der Waals surface area contributed by atoms with Gasteiger partial charge in [-0.1, -0.05) is 41.1 Å². The maximum absolute atomic E-state index is 6.11. The van der Waals surface area contributed by atoms with Gasteiger partial charge in [-0.05, 0) is 42.8 Å². The van der Waals surface area contributed by atoms with Crippen LogP contribution in [0.3, 0.4) is 0 Å². The molecule has 2 aromatic carbocycles. The van der Waals surface area contributed by atoms with E-state index in [1.165, 1.54) is 0 Å². The van der Waals surface area contributed by atoms with E-state index in [2.05, 4.69) is 11.8 Å². The molecule has 0 saturated heterocycles. The average molecular weight is 320 g/mol. The maximum Gasteiger partial charge on any atom is 0.120 e. The van der Waals surface area contributed by atoms with Crippen LogP contribution in [0.1, 0.15) is 16.7 Å². The van der Waals surface area contributed by atoms with E-state index in [0.29, 0.717) is 23.2 Å². The molecule has 0 saturated carbocycles. The lowest BCUT2D eigenvalue weighted by Crippen LogP contribution is -1.97. The number of nitrogens with two attached hydrogens (primary N) is 1. The minimum Gasteiger partial charge on any atom is -0.489 e. The Morgan fingerprint density at radius 2 is 1.95 bits per heavy atom. The second-order valence-corrected chi connectivity index (χ2v) is 5.35. The smallest absolute Gasteiger partial charge is 0.120 e. The molecule has 21 heavy (non-hydrogen) atoms. The lowest BCUT2D eigenvalue weighted by atomic mass is 10.1. The Bertz CT molecular complexity index is 702. The fraction of sp³-hybridized carbons (Fsp3) is 0.176. The number of hydrogen-bond acceptors (Lipinski definition) is 2. The average Bonchev–Trinajstić information content (AvgIpc) is 2.45. The molecule has 0 spiro atoms. The highest BCUT2D eigenvalue weighted by Gasteiger charge is 2.04. The van der Waals surface area contributed by atoms with Crippen LogP contribution in [0.15, 0.2) is 36.4 Å². The molecular formula is C17H15Cl2NO. The highest BCUT2D eigenvalue weighted by molar-refractivity contribution is 6.35. The van der Waals surface area contributed by atoms with E-state index in [1.807, 2.05) is 31.2 Å². The standard InChI is InChI=1S/C17H15Cl2NO/c1-12-9-16(7-5-13(12)3-2-8-20)21-11-14-4-6-15(18)10-17(14)19/h4-7,9-10H,8,11,20H2,1H3. The van der Waals surface area contributed by atoms with E-state index in [4.69, 9.17) is 33.7 Å². The first-order chi connectivity index (χ1) is 10.1. The monoisotopic (exact) mass is 319 g/mol. The minimum absolute atomic E-state index is 0.354. The van der Waals surface area contributed by atoms with Crippen molar-refractivity contribution in [2.24, 2.45) is 5.73 Å². The molecule has 2 nitrogen and oxygen atoms in total. The van der Waals surface area contributed by atoms with Crippen LogP contribution < -0.4 is 10.5 Å². The molecule has 0 aliphatic heterocycles. The van der Waals surface area contributed by atoms with Crippen LogP contribution in [-0.2, 0) is 6.61 Å². The molecule has 4 heteroatoms.